The number of hydrogen-bond donors (Lipinski definition) is 2. The first kappa shape index (κ1) is 21.6. The van der Waals surface area contributed by atoms with Crippen molar-refractivity contribution in [1.29, 1.82) is 0 Å². The lowest BCUT2D eigenvalue weighted by atomic mass is 9.84. The minimum absolute atomic E-state index is 0. The lowest BCUT2D eigenvalue weighted by molar-refractivity contribution is 0.0915. The zero-order valence-corrected chi connectivity index (χ0v) is 16.1. The fourth-order valence-corrected chi connectivity index (χ4v) is 3.35. The van der Waals surface area contributed by atoms with Gasteiger partial charge in [-0.1, -0.05) is 19.3 Å². The molecule has 1 saturated carbocycles. The van der Waals surface area contributed by atoms with Gasteiger partial charge in [0, 0.05) is 18.2 Å². The number of carbonyl (C=O) groups excluding carboxylic acids is 1. The zero-order valence-electron chi connectivity index (χ0n) is 15.3. The SMILES string of the molecule is CCOc1ccc(C(=O)NC(CN)C2CCCCC2)cc1OCC.Cl. The van der Waals surface area contributed by atoms with E-state index >= 15 is 0 Å². The Balaban J connectivity index is 0.00000312. The lowest BCUT2D eigenvalue weighted by Crippen LogP contribution is -2.45. The summed E-state index contributed by atoms with van der Waals surface area (Å²) in [5, 5.41) is 3.11. The first-order valence-electron chi connectivity index (χ1n) is 9.10. The van der Waals surface area contributed by atoms with Crippen molar-refractivity contribution in [2.24, 2.45) is 11.7 Å². The maximum atomic E-state index is 12.6. The van der Waals surface area contributed by atoms with E-state index in [1.54, 1.807) is 18.2 Å². The molecule has 1 atom stereocenters. The molecule has 1 unspecified atom stereocenters. The van der Waals surface area contributed by atoms with Crippen LogP contribution >= 0.6 is 12.4 Å². The monoisotopic (exact) mass is 370 g/mol. The summed E-state index contributed by atoms with van der Waals surface area (Å²) in [7, 11) is 0. The van der Waals surface area contributed by atoms with E-state index in [1.165, 1.54) is 19.3 Å². The van der Waals surface area contributed by atoms with Crippen LogP contribution in [0.1, 0.15) is 56.3 Å². The number of amides is 1. The standard InChI is InChI=1S/C19H30N2O3.ClH/c1-3-23-17-11-10-15(12-18(17)24-4-2)19(22)21-16(13-20)14-8-6-5-7-9-14;/h10-12,14,16H,3-9,13,20H2,1-2H3,(H,21,22);1H. The van der Waals surface area contributed by atoms with Crippen LogP contribution in [0, 0.1) is 5.92 Å². The lowest BCUT2D eigenvalue weighted by Gasteiger charge is -2.30. The summed E-state index contributed by atoms with van der Waals surface area (Å²) in [6, 6.07) is 5.36. The molecule has 5 nitrogen and oxygen atoms in total. The van der Waals surface area contributed by atoms with Crippen molar-refractivity contribution in [3.8, 4) is 11.5 Å². The molecule has 1 amide bonds. The Morgan fingerprint density at radius 3 is 2.40 bits per heavy atom. The molecule has 142 valence electrons. The quantitative estimate of drug-likeness (QED) is 0.734. The van der Waals surface area contributed by atoms with Crippen molar-refractivity contribution >= 4 is 18.3 Å². The van der Waals surface area contributed by atoms with Crippen LogP contribution < -0.4 is 20.5 Å². The molecule has 25 heavy (non-hydrogen) atoms. The van der Waals surface area contributed by atoms with Gasteiger partial charge in [0.15, 0.2) is 11.5 Å². The molecule has 0 radical (unpaired) electrons. The fraction of sp³-hybridized carbons (Fsp3) is 0.632. The van der Waals surface area contributed by atoms with E-state index in [4.69, 9.17) is 15.2 Å². The largest absolute Gasteiger partial charge is 0.490 e. The molecule has 1 aromatic rings. The fourth-order valence-electron chi connectivity index (χ4n) is 3.35. The van der Waals surface area contributed by atoms with Crippen LogP contribution in [-0.2, 0) is 0 Å². The second-order valence-electron chi connectivity index (χ2n) is 6.24. The zero-order chi connectivity index (χ0) is 17.4. The van der Waals surface area contributed by atoms with Gasteiger partial charge in [0.1, 0.15) is 0 Å². The molecule has 1 fully saturated rings. The molecule has 0 aliphatic heterocycles. The van der Waals surface area contributed by atoms with E-state index in [0.29, 0.717) is 42.7 Å². The third-order valence-electron chi connectivity index (χ3n) is 4.59. The second-order valence-corrected chi connectivity index (χ2v) is 6.24. The van der Waals surface area contributed by atoms with Crippen LogP contribution in [0.4, 0.5) is 0 Å². The Morgan fingerprint density at radius 1 is 1.16 bits per heavy atom. The minimum Gasteiger partial charge on any atom is -0.490 e. The highest BCUT2D eigenvalue weighted by Crippen LogP contribution is 2.29. The summed E-state index contributed by atoms with van der Waals surface area (Å²) < 4.78 is 11.1. The maximum absolute atomic E-state index is 12.6. The average molecular weight is 371 g/mol. The number of nitrogens with one attached hydrogen (secondary N) is 1. The second kappa shape index (κ2) is 11.2. The van der Waals surface area contributed by atoms with E-state index in [-0.39, 0.29) is 24.4 Å². The van der Waals surface area contributed by atoms with Crippen LogP contribution in [0.25, 0.3) is 0 Å². The molecule has 1 aliphatic carbocycles. The first-order valence-corrected chi connectivity index (χ1v) is 9.10. The average Bonchev–Trinajstić information content (AvgIpc) is 2.62. The highest BCUT2D eigenvalue weighted by atomic mass is 35.5. The summed E-state index contributed by atoms with van der Waals surface area (Å²) >= 11 is 0. The Bertz CT molecular complexity index is 533. The van der Waals surface area contributed by atoms with E-state index in [9.17, 15) is 4.79 Å². The van der Waals surface area contributed by atoms with Crippen molar-refractivity contribution in [3.63, 3.8) is 0 Å². The topological polar surface area (TPSA) is 73.6 Å². The van der Waals surface area contributed by atoms with Gasteiger partial charge in [0.05, 0.1) is 13.2 Å². The van der Waals surface area contributed by atoms with Crippen LogP contribution in [0.15, 0.2) is 18.2 Å². The molecule has 0 saturated heterocycles. The van der Waals surface area contributed by atoms with Crippen LogP contribution in [0.5, 0.6) is 11.5 Å². The molecule has 0 heterocycles. The van der Waals surface area contributed by atoms with Crippen molar-refractivity contribution < 1.29 is 14.3 Å². The smallest absolute Gasteiger partial charge is 0.251 e. The van der Waals surface area contributed by atoms with Crippen molar-refractivity contribution in [3.05, 3.63) is 23.8 Å². The molecule has 3 N–H and O–H groups in total. The predicted molar refractivity (Wildman–Crippen MR) is 103 cm³/mol. The molecule has 1 aliphatic rings. The van der Waals surface area contributed by atoms with E-state index in [0.717, 1.165) is 12.8 Å². The number of ether oxygens (including phenoxy) is 2. The van der Waals surface area contributed by atoms with Gasteiger partial charge in [0.25, 0.3) is 5.91 Å². The van der Waals surface area contributed by atoms with Gasteiger partial charge < -0.3 is 20.5 Å². The molecule has 0 spiro atoms. The van der Waals surface area contributed by atoms with E-state index in [1.807, 2.05) is 13.8 Å². The first-order chi connectivity index (χ1) is 11.7. The summed E-state index contributed by atoms with van der Waals surface area (Å²) in [4.78, 5) is 12.6. The van der Waals surface area contributed by atoms with Crippen molar-refractivity contribution in [2.75, 3.05) is 19.8 Å². The highest BCUT2D eigenvalue weighted by molar-refractivity contribution is 5.95. The van der Waals surface area contributed by atoms with Gasteiger partial charge in [0.2, 0.25) is 0 Å². The normalized spacial score (nSPS) is 15.8. The van der Waals surface area contributed by atoms with Gasteiger partial charge in [-0.05, 0) is 50.8 Å². The molecule has 0 aromatic heterocycles. The molecule has 1 aromatic carbocycles. The van der Waals surface area contributed by atoms with E-state index < -0.39 is 0 Å². The Kier molecular flexibility index (Phi) is 9.68. The van der Waals surface area contributed by atoms with E-state index in [2.05, 4.69) is 5.32 Å². The van der Waals surface area contributed by atoms with Gasteiger partial charge in [-0.25, -0.2) is 0 Å². The van der Waals surface area contributed by atoms with Gasteiger partial charge in [-0.15, -0.1) is 12.4 Å². The van der Waals surface area contributed by atoms with Crippen molar-refractivity contribution in [2.45, 2.75) is 52.0 Å². The predicted octanol–water partition coefficient (Wildman–Crippen LogP) is 3.54. The van der Waals surface area contributed by atoms with Gasteiger partial charge in [-0.2, -0.15) is 0 Å². The molecular weight excluding hydrogens is 340 g/mol. The number of nitrogens with two attached hydrogens (primary N) is 1. The summed E-state index contributed by atoms with van der Waals surface area (Å²) in [6.45, 7) is 5.40. The van der Waals surface area contributed by atoms with Crippen LogP contribution in [-0.4, -0.2) is 31.7 Å². The Morgan fingerprint density at radius 2 is 1.80 bits per heavy atom. The van der Waals surface area contributed by atoms with Gasteiger partial charge in [-0.3, -0.25) is 4.79 Å². The molecule has 0 bridgehead atoms. The maximum Gasteiger partial charge on any atom is 0.251 e. The Labute approximate surface area is 157 Å². The third kappa shape index (κ3) is 6.08. The van der Waals surface area contributed by atoms with Crippen molar-refractivity contribution in [1.82, 2.24) is 5.32 Å². The molecule has 2 rings (SSSR count). The third-order valence-corrected chi connectivity index (χ3v) is 4.59. The number of hydrogen-bond acceptors (Lipinski definition) is 4. The highest BCUT2D eigenvalue weighted by Gasteiger charge is 2.24. The summed E-state index contributed by atoms with van der Waals surface area (Å²) in [5.41, 5.74) is 6.49. The van der Waals surface area contributed by atoms with Crippen LogP contribution in [0.3, 0.4) is 0 Å². The summed E-state index contributed by atoms with van der Waals surface area (Å²) in [5.74, 6) is 1.66. The Hall–Kier alpha value is -1.46. The molecular formula is C19H31ClN2O3. The minimum atomic E-state index is -0.0972. The number of benzene rings is 1. The van der Waals surface area contributed by atoms with Gasteiger partial charge >= 0.3 is 0 Å². The number of carbonyl (C=O) groups is 1. The number of rotatable bonds is 8. The van der Waals surface area contributed by atoms with Crippen LogP contribution in [0.2, 0.25) is 0 Å². The molecule has 6 heteroatoms. The summed E-state index contributed by atoms with van der Waals surface area (Å²) in [6.07, 6.45) is 6.05. The number of halogens is 1.